The quantitative estimate of drug-likeness (QED) is 0.837. The zero-order valence-electron chi connectivity index (χ0n) is 11.6. The molecule has 21 heavy (non-hydrogen) atoms. The predicted octanol–water partition coefficient (Wildman–Crippen LogP) is 1.49. The van der Waals surface area contributed by atoms with E-state index < -0.39 is 0 Å². The first-order valence-electron chi connectivity index (χ1n) is 6.57. The fourth-order valence-electron chi connectivity index (χ4n) is 2.47. The Kier molecular flexibility index (Phi) is 3.92. The number of tetrazole rings is 1. The van der Waals surface area contributed by atoms with Gasteiger partial charge in [0.1, 0.15) is 5.60 Å². The maximum atomic E-state index is 5.88. The number of nitrogens with zero attached hydrogens (tertiary/aromatic N) is 4. The summed E-state index contributed by atoms with van der Waals surface area (Å²) in [6, 6.07) is 5.61. The molecular weight excluding hydrogens is 338 g/mol. The van der Waals surface area contributed by atoms with Gasteiger partial charge in [-0.3, -0.25) is 0 Å². The van der Waals surface area contributed by atoms with E-state index in [1.165, 1.54) is 0 Å². The summed E-state index contributed by atoms with van der Waals surface area (Å²) in [7, 11) is 1.69. The van der Waals surface area contributed by atoms with E-state index in [0.717, 1.165) is 16.5 Å². The molecule has 0 bridgehead atoms. The van der Waals surface area contributed by atoms with Crippen molar-refractivity contribution in [1.29, 1.82) is 0 Å². The topological polar surface area (TPSA) is 88.1 Å². The fraction of sp³-hybridized carbons (Fsp3) is 0.462. The molecule has 0 saturated carbocycles. The van der Waals surface area contributed by atoms with Crippen molar-refractivity contribution in [3.63, 3.8) is 0 Å². The van der Waals surface area contributed by atoms with Crippen LogP contribution in [0, 0.1) is 0 Å². The second-order valence-electron chi connectivity index (χ2n) is 5.12. The van der Waals surface area contributed by atoms with Crippen molar-refractivity contribution >= 4 is 21.6 Å². The van der Waals surface area contributed by atoms with Crippen LogP contribution in [0.5, 0.6) is 0 Å². The SMILES string of the molecule is COC1(Cn2nnnc2-c2cc(N)cc(Br)c2)CCOC1. The van der Waals surface area contributed by atoms with Gasteiger partial charge in [-0.25, -0.2) is 4.68 Å². The van der Waals surface area contributed by atoms with Crippen molar-refractivity contribution in [2.24, 2.45) is 0 Å². The van der Waals surface area contributed by atoms with E-state index >= 15 is 0 Å². The molecule has 1 saturated heterocycles. The Balaban J connectivity index is 1.93. The van der Waals surface area contributed by atoms with Crippen LogP contribution in [0.25, 0.3) is 11.4 Å². The Labute approximate surface area is 130 Å². The second kappa shape index (κ2) is 5.70. The van der Waals surface area contributed by atoms with E-state index in [0.29, 0.717) is 31.3 Å². The van der Waals surface area contributed by atoms with Crippen LogP contribution in [0.2, 0.25) is 0 Å². The Hall–Kier alpha value is -1.51. The van der Waals surface area contributed by atoms with Gasteiger partial charge in [-0.15, -0.1) is 5.10 Å². The van der Waals surface area contributed by atoms with Crippen LogP contribution in [0.15, 0.2) is 22.7 Å². The summed E-state index contributed by atoms with van der Waals surface area (Å²) in [6.45, 7) is 1.77. The number of methoxy groups -OCH3 is 1. The average molecular weight is 354 g/mol. The van der Waals surface area contributed by atoms with Crippen LogP contribution >= 0.6 is 15.9 Å². The minimum atomic E-state index is -0.373. The highest BCUT2D eigenvalue weighted by Gasteiger charge is 2.36. The van der Waals surface area contributed by atoms with E-state index in [-0.39, 0.29) is 5.60 Å². The van der Waals surface area contributed by atoms with Crippen molar-refractivity contribution in [2.45, 2.75) is 18.6 Å². The molecule has 1 aliphatic rings. The van der Waals surface area contributed by atoms with Gasteiger partial charge in [-0.1, -0.05) is 15.9 Å². The summed E-state index contributed by atoms with van der Waals surface area (Å²) in [5.74, 6) is 0.659. The summed E-state index contributed by atoms with van der Waals surface area (Å²) in [6.07, 6.45) is 0.823. The first-order valence-corrected chi connectivity index (χ1v) is 7.37. The summed E-state index contributed by atoms with van der Waals surface area (Å²) >= 11 is 3.43. The number of aromatic nitrogens is 4. The Morgan fingerprint density at radius 1 is 1.48 bits per heavy atom. The molecule has 2 N–H and O–H groups in total. The minimum absolute atomic E-state index is 0.373. The van der Waals surface area contributed by atoms with Gasteiger partial charge in [-0.05, 0) is 28.6 Å². The lowest BCUT2D eigenvalue weighted by atomic mass is 10.0. The largest absolute Gasteiger partial charge is 0.399 e. The Morgan fingerprint density at radius 3 is 3.00 bits per heavy atom. The van der Waals surface area contributed by atoms with Gasteiger partial charge in [0.25, 0.3) is 0 Å². The predicted molar refractivity (Wildman–Crippen MR) is 80.5 cm³/mol. The molecule has 0 spiro atoms. The van der Waals surface area contributed by atoms with Gasteiger partial charge < -0.3 is 15.2 Å². The fourth-order valence-corrected chi connectivity index (χ4v) is 2.98. The molecule has 1 aromatic carbocycles. The number of anilines is 1. The van der Waals surface area contributed by atoms with Gasteiger partial charge in [0.05, 0.1) is 13.2 Å². The Morgan fingerprint density at radius 2 is 2.33 bits per heavy atom. The highest BCUT2D eigenvalue weighted by Crippen LogP contribution is 2.28. The maximum absolute atomic E-state index is 5.88. The van der Waals surface area contributed by atoms with Gasteiger partial charge in [0.15, 0.2) is 5.82 Å². The van der Waals surface area contributed by atoms with Crippen molar-refractivity contribution in [2.75, 3.05) is 26.1 Å². The van der Waals surface area contributed by atoms with Gasteiger partial charge in [0, 0.05) is 35.9 Å². The molecule has 8 heteroatoms. The Bertz CT molecular complexity index is 619. The molecule has 0 aliphatic carbocycles. The zero-order valence-corrected chi connectivity index (χ0v) is 13.2. The van der Waals surface area contributed by atoms with E-state index in [1.54, 1.807) is 11.8 Å². The highest BCUT2D eigenvalue weighted by molar-refractivity contribution is 9.10. The molecular formula is C13H16BrN5O2. The number of hydrogen-bond acceptors (Lipinski definition) is 6. The minimum Gasteiger partial charge on any atom is -0.399 e. The first-order chi connectivity index (χ1) is 10.1. The van der Waals surface area contributed by atoms with E-state index in [2.05, 4.69) is 31.5 Å². The summed E-state index contributed by atoms with van der Waals surface area (Å²) in [5.41, 5.74) is 7.02. The molecule has 112 valence electrons. The second-order valence-corrected chi connectivity index (χ2v) is 6.04. The molecule has 1 unspecified atom stereocenters. The van der Waals surface area contributed by atoms with Gasteiger partial charge in [-0.2, -0.15) is 0 Å². The lowest BCUT2D eigenvalue weighted by Gasteiger charge is -2.25. The highest BCUT2D eigenvalue weighted by atomic mass is 79.9. The molecule has 7 nitrogen and oxygen atoms in total. The molecule has 1 aromatic heterocycles. The van der Waals surface area contributed by atoms with Crippen molar-refractivity contribution in [3.8, 4) is 11.4 Å². The number of hydrogen-bond donors (Lipinski definition) is 1. The van der Waals surface area contributed by atoms with Crippen LogP contribution in [-0.4, -0.2) is 46.1 Å². The number of nitrogens with two attached hydrogens (primary N) is 1. The molecule has 0 amide bonds. The summed E-state index contributed by atoms with van der Waals surface area (Å²) < 4.78 is 13.7. The molecule has 2 aromatic rings. The lowest BCUT2D eigenvalue weighted by molar-refractivity contribution is -0.0317. The maximum Gasteiger partial charge on any atom is 0.182 e. The van der Waals surface area contributed by atoms with Crippen LogP contribution in [0.1, 0.15) is 6.42 Å². The molecule has 1 atom stereocenters. The molecule has 2 heterocycles. The molecule has 3 rings (SSSR count). The normalized spacial score (nSPS) is 21.8. The van der Waals surface area contributed by atoms with E-state index in [9.17, 15) is 0 Å². The summed E-state index contributed by atoms with van der Waals surface area (Å²) in [5, 5.41) is 12.0. The number of halogens is 1. The standard InChI is InChI=1S/C13H16BrN5O2/c1-20-13(2-3-21-8-13)7-19-12(16-17-18-19)9-4-10(14)6-11(15)5-9/h4-6H,2-3,7-8,15H2,1H3. The van der Waals surface area contributed by atoms with E-state index in [4.69, 9.17) is 15.2 Å². The van der Waals surface area contributed by atoms with Crippen molar-refractivity contribution in [1.82, 2.24) is 20.2 Å². The number of ether oxygens (including phenoxy) is 2. The van der Waals surface area contributed by atoms with Crippen LogP contribution in [0.3, 0.4) is 0 Å². The van der Waals surface area contributed by atoms with Gasteiger partial charge in [0.2, 0.25) is 0 Å². The molecule has 1 fully saturated rings. The number of nitrogen functional groups attached to an aromatic ring is 1. The number of rotatable bonds is 4. The first kappa shape index (κ1) is 14.4. The van der Waals surface area contributed by atoms with Crippen molar-refractivity contribution in [3.05, 3.63) is 22.7 Å². The smallest absolute Gasteiger partial charge is 0.182 e. The third-order valence-electron chi connectivity index (χ3n) is 3.65. The van der Waals surface area contributed by atoms with E-state index in [1.807, 2.05) is 18.2 Å². The third-order valence-corrected chi connectivity index (χ3v) is 4.11. The zero-order chi connectivity index (χ0) is 14.9. The lowest BCUT2D eigenvalue weighted by Crippen LogP contribution is -2.37. The van der Waals surface area contributed by atoms with Crippen LogP contribution in [0.4, 0.5) is 5.69 Å². The van der Waals surface area contributed by atoms with Gasteiger partial charge >= 0.3 is 0 Å². The van der Waals surface area contributed by atoms with Crippen LogP contribution < -0.4 is 5.73 Å². The third kappa shape index (κ3) is 2.92. The average Bonchev–Trinajstić information content (AvgIpc) is 3.08. The molecule has 1 aliphatic heterocycles. The monoisotopic (exact) mass is 353 g/mol. The number of benzene rings is 1. The van der Waals surface area contributed by atoms with Crippen LogP contribution in [-0.2, 0) is 16.0 Å². The molecule has 0 radical (unpaired) electrons. The summed E-state index contributed by atoms with van der Waals surface area (Å²) in [4.78, 5) is 0. The van der Waals surface area contributed by atoms with Crippen molar-refractivity contribution < 1.29 is 9.47 Å².